The van der Waals surface area contributed by atoms with Gasteiger partial charge >= 0.3 is 5.97 Å². The lowest BCUT2D eigenvalue weighted by atomic mass is 10.2. The van der Waals surface area contributed by atoms with E-state index in [0.29, 0.717) is 12.2 Å². The SMILES string of the molecule is C=C([13CH3])C(=O)OCc1ccccc1. The zero-order valence-corrected chi connectivity index (χ0v) is 7.62. The minimum absolute atomic E-state index is 0.312. The average Bonchev–Trinajstić information content (AvgIpc) is 2.15. The minimum Gasteiger partial charge on any atom is -0.457 e. The summed E-state index contributed by atoms with van der Waals surface area (Å²) in [5.41, 5.74) is 1.41. The van der Waals surface area contributed by atoms with Gasteiger partial charge in [-0.3, -0.25) is 0 Å². The highest BCUT2D eigenvalue weighted by molar-refractivity contribution is 5.86. The fourth-order valence-electron chi connectivity index (χ4n) is 0.846. The Balaban J connectivity index is 2.44. The molecule has 0 amide bonds. The molecule has 0 N–H and O–H groups in total. The van der Waals surface area contributed by atoms with Crippen LogP contribution < -0.4 is 0 Å². The summed E-state index contributed by atoms with van der Waals surface area (Å²) in [5.74, 6) is -0.344. The highest BCUT2D eigenvalue weighted by Gasteiger charge is 2.02. The largest absolute Gasteiger partial charge is 0.457 e. The molecule has 0 aromatic heterocycles. The Kier molecular flexibility index (Phi) is 3.26. The molecule has 2 nitrogen and oxygen atoms in total. The number of carbonyl (C=O) groups is 1. The number of hydrogen-bond acceptors (Lipinski definition) is 2. The van der Waals surface area contributed by atoms with Gasteiger partial charge in [-0.15, -0.1) is 0 Å². The smallest absolute Gasteiger partial charge is 0.333 e. The van der Waals surface area contributed by atoms with Crippen molar-refractivity contribution in [2.24, 2.45) is 0 Å². The maximum absolute atomic E-state index is 11.0. The molecular weight excluding hydrogens is 165 g/mol. The second-order valence-electron chi connectivity index (χ2n) is 2.84. The predicted molar refractivity (Wildman–Crippen MR) is 51.1 cm³/mol. The van der Waals surface area contributed by atoms with Gasteiger partial charge in [0, 0.05) is 5.57 Å². The first-order chi connectivity index (χ1) is 6.20. The molecule has 0 unspecified atom stereocenters. The molecule has 0 spiro atoms. The first-order valence-corrected chi connectivity index (χ1v) is 4.06. The molecular formula is C11H12O2. The van der Waals surface area contributed by atoms with Gasteiger partial charge in [0.1, 0.15) is 6.61 Å². The molecule has 0 aliphatic rings. The van der Waals surface area contributed by atoms with Crippen LogP contribution >= 0.6 is 0 Å². The van der Waals surface area contributed by atoms with Gasteiger partial charge in [0.25, 0.3) is 0 Å². The zero-order valence-electron chi connectivity index (χ0n) is 7.62. The van der Waals surface area contributed by atoms with E-state index in [1.807, 2.05) is 30.3 Å². The highest BCUT2D eigenvalue weighted by atomic mass is 16.5. The summed E-state index contributed by atoms with van der Waals surface area (Å²) in [6.07, 6.45) is 0. The van der Waals surface area contributed by atoms with Crippen molar-refractivity contribution >= 4 is 5.97 Å². The maximum Gasteiger partial charge on any atom is 0.333 e. The van der Waals surface area contributed by atoms with Gasteiger partial charge in [-0.1, -0.05) is 36.9 Å². The molecule has 0 fully saturated rings. The number of benzene rings is 1. The number of esters is 1. The van der Waals surface area contributed by atoms with E-state index in [4.69, 9.17) is 4.74 Å². The van der Waals surface area contributed by atoms with Crippen molar-refractivity contribution in [3.8, 4) is 0 Å². The molecule has 0 heterocycles. The third-order valence-corrected chi connectivity index (χ3v) is 1.56. The normalized spacial score (nSPS) is 9.31. The summed E-state index contributed by atoms with van der Waals surface area (Å²) in [6.45, 7) is 5.44. The van der Waals surface area contributed by atoms with Gasteiger partial charge in [-0.2, -0.15) is 0 Å². The van der Waals surface area contributed by atoms with E-state index in [1.165, 1.54) is 0 Å². The molecule has 2 heteroatoms. The van der Waals surface area contributed by atoms with E-state index < -0.39 is 0 Å². The van der Waals surface area contributed by atoms with Crippen LogP contribution in [0.15, 0.2) is 42.5 Å². The van der Waals surface area contributed by atoms with E-state index in [9.17, 15) is 4.79 Å². The first kappa shape index (κ1) is 9.52. The summed E-state index contributed by atoms with van der Waals surface area (Å²) < 4.78 is 4.95. The van der Waals surface area contributed by atoms with Crippen molar-refractivity contribution in [2.75, 3.05) is 0 Å². The second-order valence-corrected chi connectivity index (χ2v) is 2.84. The van der Waals surface area contributed by atoms with Crippen molar-refractivity contribution in [1.82, 2.24) is 0 Å². The van der Waals surface area contributed by atoms with Crippen molar-refractivity contribution in [1.29, 1.82) is 0 Å². The number of rotatable bonds is 3. The van der Waals surface area contributed by atoms with Gasteiger partial charge in [0.05, 0.1) is 0 Å². The fourth-order valence-corrected chi connectivity index (χ4v) is 0.846. The third-order valence-electron chi connectivity index (χ3n) is 1.56. The lowest BCUT2D eigenvalue weighted by Crippen LogP contribution is -2.04. The van der Waals surface area contributed by atoms with Gasteiger partial charge in [-0.25, -0.2) is 4.79 Å². The molecule has 13 heavy (non-hydrogen) atoms. The molecule has 0 aliphatic carbocycles. The van der Waals surface area contributed by atoms with Gasteiger partial charge in [0.15, 0.2) is 0 Å². The summed E-state index contributed by atoms with van der Waals surface area (Å²) in [7, 11) is 0. The van der Waals surface area contributed by atoms with Crippen LogP contribution in [0.5, 0.6) is 0 Å². The number of ether oxygens (including phenoxy) is 1. The van der Waals surface area contributed by atoms with Crippen LogP contribution in [0.4, 0.5) is 0 Å². The molecule has 68 valence electrons. The topological polar surface area (TPSA) is 26.3 Å². The summed E-state index contributed by atoms with van der Waals surface area (Å²) in [6, 6.07) is 9.55. The monoisotopic (exact) mass is 177 g/mol. The molecule has 0 saturated carbocycles. The van der Waals surface area contributed by atoms with Crippen molar-refractivity contribution < 1.29 is 9.53 Å². The van der Waals surface area contributed by atoms with Crippen LogP contribution in [0.25, 0.3) is 0 Å². The van der Waals surface area contributed by atoms with Gasteiger partial charge in [0.2, 0.25) is 0 Å². The van der Waals surface area contributed by atoms with Crippen LogP contribution in [0.2, 0.25) is 0 Å². The van der Waals surface area contributed by atoms with Gasteiger partial charge < -0.3 is 4.74 Å². The van der Waals surface area contributed by atoms with Crippen LogP contribution in [-0.4, -0.2) is 5.97 Å². The summed E-state index contributed by atoms with van der Waals surface area (Å²) >= 11 is 0. The second kappa shape index (κ2) is 4.45. The van der Waals surface area contributed by atoms with Crippen molar-refractivity contribution in [3.63, 3.8) is 0 Å². The molecule has 0 saturated heterocycles. The Hall–Kier alpha value is -1.57. The van der Waals surface area contributed by atoms with E-state index in [1.54, 1.807) is 6.92 Å². The average molecular weight is 177 g/mol. The highest BCUT2D eigenvalue weighted by Crippen LogP contribution is 2.02. The van der Waals surface area contributed by atoms with E-state index >= 15 is 0 Å². The fraction of sp³-hybridized carbons (Fsp3) is 0.182. The summed E-state index contributed by atoms with van der Waals surface area (Å²) in [5, 5.41) is 0. The Bertz CT molecular complexity index is 301. The maximum atomic E-state index is 11.0. The molecule has 1 aromatic rings. The third kappa shape index (κ3) is 3.11. The van der Waals surface area contributed by atoms with Crippen molar-refractivity contribution in [2.45, 2.75) is 13.5 Å². The number of hydrogen-bond donors (Lipinski definition) is 0. The van der Waals surface area contributed by atoms with Crippen LogP contribution in [0.1, 0.15) is 12.5 Å². The molecule has 1 rings (SSSR count). The van der Waals surface area contributed by atoms with Crippen molar-refractivity contribution in [3.05, 3.63) is 48.0 Å². The Morgan fingerprint density at radius 1 is 1.38 bits per heavy atom. The molecule has 0 atom stereocenters. The van der Waals surface area contributed by atoms with E-state index in [-0.39, 0.29) is 5.97 Å². The summed E-state index contributed by atoms with van der Waals surface area (Å²) in [4.78, 5) is 11.0. The Morgan fingerprint density at radius 2 is 2.00 bits per heavy atom. The lowest BCUT2D eigenvalue weighted by Gasteiger charge is -2.03. The Labute approximate surface area is 77.8 Å². The standard InChI is InChI=1S/C11H12O2/c1-9(2)11(12)13-8-10-6-4-3-5-7-10/h3-7H,1,8H2,2H3/i2+1. The van der Waals surface area contributed by atoms with Crippen LogP contribution in [0, 0.1) is 0 Å². The predicted octanol–water partition coefficient (Wildman–Crippen LogP) is 2.31. The molecule has 0 radical (unpaired) electrons. The quantitative estimate of drug-likeness (QED) is 0.402. The zero-order chi connectivity index (χ0) is 9.68. The van der Waals surface area contributed by atoms with Gasteiger partial charge in [-0.05, 0) is 12.5 Å². The van der Waals surface area contributed by atoms with Crippen LogP contribution in [-0.2, 0) is 16.1 Å². The first-order valence-electron chi connectivity index (χ1n) is 4.06. The van der Waals surface area contributed by atoms with Crippen LogP contribution in [0.3, 0.4) is 0 Å². The molecule has 0 aliphatic heterocycles. The lowest BCUT2D eigenvalue weighted by molar-refractivity contribution is -0.140. The van der Waals surface area contributed by atoms with E-state index in [0.717, 1.165) is 5.56 Å². The minimum atomic E-state index is -0.344. The molecule has 0 bridgehead atoms. The Morgan fingerprint density at radius 3 is 2.54 bits per heavy atom. The van der Waals surface area contributed by atoms with E-state index in [2.05, 4.69) is 6.58 Å². The molecule has 1 aromatic carbocycles. The number of carbonyl (C=O) groups excluding carboxylic acids is 1.